The van der Waals surface area contributed by atoms with Crippen LogP contribution in [-0.4, -0.2) is 10.5 Å². The van der Waals surface area contributed by atoms with Crippen LogP contribution < -0.4 is 15.6 Å². The predicted octanol–water partition coefficient (Wildman–Crippen LogP) is 4.21. The summed E-state index contributed by atoms with van der Waals surface area (Å²) in [6, 6.07) is 10.3. The number of benzene rings is 2. The van der Waals surface area contributed by atoms with E-state index < -0.39 is 17.2 Å². The fraction of sp³-hybridized carbons (Fsp3) is 0.182. The first-order chi connectivity index (χ1) is 14.3. The van der Waals surface area contributed by atoms with Crippen LogP contribution in [0.25, 0.3) is 0 Å². The summed E-state index contributed by atoms with van der Waals surface area (Å²) in [5, 5.41) is 2.65. The number of fused-ring (bicyclic) bond motifs is 1. The molecule has 0 saturated carbocycles. The van der Waals surface area contributed by atoms with Gasteiger partial charge < -0.3 is 14.6 Å². The second-order valence-electron chi connectivity index (χ2n) is 7.10. The molecule has 30 heavy (non-hydrogen) atoms. The number of hydrogen-bond acceptors (Lipinski definition) is 3. The molecule has 0 fully saturated rings. The van der Waals surface area contributed by atoms with Crippen molar-refractivity contribution in [2.45, 2.75) is 26.5 Å². The van der Waals surface area contributed by atoms with Gasteiger partial charge in [-0.2, -0.15) is 0 Å². The van der Waals surface area contributed by atoms with Gasteiger partial charge in [0, 0.05) is 29.1 Å². The molecule has 1 amide bonds. The summed E-state index contributed by atoms with van der Waals surface area (Å²) < 4.78 is 33.9. The van der Waals surface area contributed by atoms with E-state index in [0.717, 1.165) is 28.9 Å². The second kappa shape index (κ2) is 7.91. The maximum atomic E-state index is 13.8. The smallest absolute Gasteiger partial charge is 0.273 e. The van der Waals surface area contributed by atoms with Crippen molar-refractivity contribution in [3.05, 3.63) is 91.9 Å². The molecule has 0 saturated heterocycles. The highest BCUT2D eigenvalue weighted by molar-refractivity contribution is 6.31. The molecule has 1 aromatic heterocycles. The minimum Gasteiger partial charge on any atom is -0.487 e. The summed E-state index contributed by atoms with van der Waals surface area (Å²) in [6.07, 6.45) is 0.310. The number of nitrogens with zero attached hydrogens (tertiary/aromatic N) is 1. The molecule has 5 nitrogen and oxygen atoms in total. The third-order valence-electron chi connectivity index (χ3n) is 4.95. The summed E-state index contributed by atoms with van der Waals surface area (Å²) in [4.78, 5) is 24.3. The Morgan fingerprint density at radius 2 is 1.93 bits per heavy atom. The molecular weight excluding hydrogens is 414 g/mol. The number of hydrogen-bond donors (Lipinski definition) is 1. The van der Waals surface area contributed by atoms with E-state index in [2.05, 4.69) is 5.32 Å². The Morgan fingerprint density at radius 3 is 2.70 bits per heavy atom. The summed E-state index contributed by atoms with van der Waals surface area (Å²) >= 11 is 6.21. The summed E-state index contributed by atoms with van der Waals surface area (Å²) in [5.41, 5.74) is 2.83. The normalized spacial score (nSPS) is 12.6. The van der Waals surface area contributed by atoms with Gasteiger partial charge in [0.25, 0.3) is 5.56 Å². The number of carbonyl (C=O) groups is 1. The maximum Gasteiger partial charge on any atom is 0.273 e. The van der Waals surface area contributed by atoms with E-state index >= 15 is 0 Å². The van der Waals surface area contributed by atoms with Gasteiger partial charge in [0.2, 0.25) is 5.91 Å². The summed E-state index contributed by atoms with van der Waals surface area (Å²) in [5.74, 6) is -1.35. The lowest BCUT2D eigenvalue weighted by molar-refractivity contribution is -0.115. The lowest BCUT2D eigenvalue weighted by Gasteiger charge is -2.15. The number of pyridine rings is 1. The number of amides is 1. The Morgan fingerprint density at radius 1 is 1.13 bits per heavy atom. The van der Waals surface area contributed by atoms with Gasteiger partial charge in [0.15, 0.2) is 0 Å². The van der Waals surface area contributed by atoms with E-state index in [4.69, 9.17) is 16.3 Å². The average Bonchev–Trinajstić information content (AvgIpc) is 3.07. The predicted molar refractivity (Wildman–Crippen MR) is 109 cm³/mol. The zero-order valence-electron chi connectivity index (χ0n) is 16.0. The molecule has 0 bridgehead atoms. The fourth-order valence-electron chi connectivity index (χ4n) is 3.37. The maximum absolute atomic E-state index is 13.8. The topological polar surface area (TPSA) is 60.3 Å². The summed E-state index contributed by atoms with van der Waals surface area (Å²) in [6.45, 7) is 1.82. The minimum absolute atomic E-state index is 0.0577. The lowest BCUT2D eigenvalue weighted by atomic mass is 10.1. The lowest BCUT2D eigenvalue weighted by Crippen LogP contribution is -2.24. The van der Waals surface area contributed by atoms with Gasteiger partial charge in [-0.15, -0.1) is 0 Å². The second-order valence-corrected chi connectivity index (χ2v) is 7.47. The molecule has 4 rings (SSSR count). The van der Waals surface area contributed by atoms with Gasteiger partial charge in [-0.25, -0.2) is 8.78 Å². The monoisotopic (exact) mass is 430 g/mol. The fourth-order valence-corrected chi connectivity index (χ4v) is 3.59. The standard InChI is InChI=1S/C22H17ClF2N2O3/c1-12-6-19(30-11-14-3-4-16(24)9-17(14)25)21(23)22(29)27(12)10-13-2-5-18-15(7-13)8-20(28)26-18/h2-7,9H,8,10-11H2,1H3,(H,26,28). The molecule has 2 aromatic carbocycles. The minimum atomic E-state index is -0.735. The van der Waals surface area contributed by atoms with E-state index in [0.29, 0.717) is 12.1 Å². The number of carbonyl (C=O) groups excluding carboxylic acids is 1. The molecule has 1 aliphatic heterocycles. The van der Waals surface area contributed by atoms with E-state index in [1.165, 1.54) is 10.6 Å². The van der Waals surface area contributed by atoms with E-state index in [-0.39, 0.29) is 35.4 Å². The Bertz CT molecular complexity index is 1220. The highest BCUT2D eigenvalue weighted by atomic mass is 35.5. The van der Waals surface area contributed by atoms with Crippen LogP contribution in [0.3, 0.4) is 0 Å². The molecule has 8 heteroatoms. The zero-order chi connectivity index (χ0) is 21.4. The molecular formula is C22H17ClF2N2O3. The van der Waals surface area contributed by atoms with Gasteiger partial charge in [-0.05, 0) is 36.2 Å². The van der Waals surface area contributed by atoms with Gasteiger partial charge in [0.1, 0.15) is 29.0 Å². The highest BCUT2D eigenvalue weighted by Gasteiger charge is 2.19. The zero-order valence-corrected chi connectivity index (χ0v) is 16.7. The Labute approximate surface area is 175 Å². The van der Waals surface area contributed by atoms with Gasteiger partial charge in [0.05, 0.1) is 13.0 Å². The molecule has 1 N–H and O–H groups in total. The van der Waals surface area contributed by atoms with Crippen LogP contribution in [-0.2, 0) is 24.4 Å². The first kappa shape index (κ1) is 20.1. The van der Waals surface area contributed by atoms with Gasteiger partial charge in [-0.1, -0.05) is 23.7 Å². The highest BCUT2D eigenvalue weighted by Crippen LogP contribution is 2.26. The van der Waals surface area contributed by atoms with Crippen LogP contribution in [0.15, 0.2) is 47.3 Å². The van der Waals surface area contributed by atoms with Crippen LogP contribution in [0.1, 0.15) is 22.4 Å². The largest absolute Gasteiger partial charge is 0.487 e. The Kier molecular flexibility index (Phi) is 5.30. The van der Waals surface area contributed by atoms with Gasteiger partial charge >= 0.3 is 0 Å². The Balaban J connectivity index is 1.56. The Hall–Kier alpha value is -3.19. The van der Waals surface area contributed by atoms with Crippen molar-refractivity contribution >= 4 is 23.2 Å². The number of rotatable bonds is 5. The van der Waals surface area contributed by atoms with Crippen molar-refractivity contribution in [3.63, 3.8) is 0 Å². The molecule has 0 radical (unpaired) electrons. The molecule has 0 atom stereocenters. The average molecular weight is 431 g/mol. The number of anilines is 1. The third kappa shape index (κ3) is 3.93. The first-order valence-corrected chi connectivity index (χ1v) is 9.58. The van der Waals surface area contributed by atoms with Crippen molar-refractivity contribution in [1.29, 1.82) is 0 Å². The van der Waals surface area contributed by atoms with Crippen molar-refractivity contribution in [2.24, 2.45) is 0 Å². The molecule has 3 aromatic rings. The van der Waals surface area contributed by atoms with Crippen molar-refractivity contribution in [3.8, 4) is 5.75 Å². The molecule has 0 aliphatic carbocycles. The number of halogens is 3. The number of aryl methyl sites for hydroxylation is 1. The quantitative estimate of drug-likeness (QED) is 0.659. The van der Waals surface area contributed by atoms with Crippen LogP contribution in [0.5, 0.6) is 5.75 Å². The molecule has 1 aliphatic rings. The van der Waals surface area contributed by atoms with Crippen LogP contribution >= 0.6 is 11.6 Å². The van der Waals surface area contributed by atoms with Gasteiger partial charge in [-0.3, -0.25) is 9.59 Å². The van der Waals surface area contributed by atoms with Crippen molar-refractivity contribution in [2.75, 3.05) is 5.32 Å². The van der Waals surface area contributed by atoms with Crippen LogP contribution in [0.2, 0.25) is 5.02 Å². The van der Waals surface area contributed by atoms with Crippen molar-refractivity contribution in [1.82, 2.24) is 4.57 Å². The van der Waals surface area contributed by atoms with E-state index in [9.17, 15) is 18.4 Å². The van der Waals surface area contributed by atoms with E-state index in [1.807, 2.05) is 18.2 Å². The number of ether oxygens (including phenoxy) is 1. The third-order valence-corrected chi connectivity index (χ3v) is 5.30. The van der Waals surface area contributed by atoms with Crippen LogP contribution in [0.4, 0.5) is 14.5 Å². The molecule has 2 heterocycles. The first-order valence-electron chi connectivity index (χ1n) is 9.20. The molecule has 0 spiro atoms. The molecule has 154 valence electrons. The SMILES string of the molecule is Cc1cc(OCc2ccc(F)cc2F)c(Cl)c(=O)n1Cc1ccc2c(c1)CC(=O)N2. The van der Waals surface area contributed by atoms with Crippen LogP contribution in [0, 0.1) is 18.6 Å². The van der Waals surface area contributed by atoms with Crippen molar-refractivity contribution < 1.29 is 18.3 Å². The summed E-state index contributed by atoms with van der Waals surface area (Å²) in [7, 11) is 0. The molecule has 0 unspecified atom stereocenters. The number of aromatic nitrogens is 1. The number of nitrogens with one attached hydrogen (secondary N) is 1. The van der Waals surface area contributed by atoms with E-state index in [1.54, 1.807) is 13.0 Å².